The molecule has 0 aromatic carbocycles. The van der Waals surface area contributed by atoms with Gasteiger partial charge in [-0.25, -0.2) is 4.98 Å². The van der Waals surface area contributed by atoms with Crippen molar-refractivity contribution in [1.82, 2.24) is 14.8 Å². The van der Waals surface area contributed by atoms with Crippen LogP contribution in [0, 0.1) is 0 Å². The predicted octanol–water partition coefficient (Wildman–Crippen LogP) is 2.92. The molecule has 7 heteroatoms. The predicted molar refractivity (Wildman–Crippen MR) is 96.5 cm³/mol. The fourth-order valence-corrected chi connectivity index (χ4v) is 3.83. The van der Waals surface area contributed by atoms with Gasteiger partial charge in [-0.05, 0) is 45.0 Å². The molecular formula is C18H25N3O3S. The number of hydrogen-bond donors (Lipinski definition) is 1. The van der Waals surface area contributed by atoms with Gasteiger partial charge in [0.05, 0.1) is 19.2 Å². The first-order valence-corrected chi connectivity index (χ1v) is 9.69. The third kappa shape index (κ3) is 4.48. The summed E-state index contributed by atoms with van der Waals surface area (Å²) in [7, 11) is 0. The number of piperidine rings is 1. The summed E-state index contributed by atoms with van der Waals surface area (Å²) in [5, 5.41) is 12.0. The standard InChI is InChI=1S/C18H25N3O3S/c1-14(20-8-3-2-4-9-20)15-5-6-16(24-15)18(23)21(10-11-22)13-17-19-7-12-25-17/h5-7,12,14,22H,2-4,8-11,13H2,1H3/t14-/m1/s1. The molecule has 1 aliphatic heterocycles. The summed E-state index contributed by atoms with van der Waals surface area (Å²) in [6.45, 7) is 4.83. The Balaban J connectivity index is 1.69. The smallest absolute Gasteiger partial charge is 0.290 e. The Kier molecular flexibility index (Phi) is 6.23. The first-order chi connectivity index (χ1) is 12.2. The molecule has 6 nitrogen and oxygen atoms in total. The van der Waals surface area contributed by atoms with Crippen molar-refractivity contribution in [2.24, 2.45) is 0 Å². The lowest BCUT2D eigenvalue weighted by Gasteiger charge is -2.31. The van der Waals surface area contributed by atoms with Gasteiger partial charge < -0.3 is 14.4 Å². The Bertz CT molecular complexity index is 665. The van der Waals surface area contributed by atoms with Crippen molar-refractivity contribution in [3.63, 3.8) is 0 Å². The van der Waals surface area contributed by atoms with E-state index in [0.717, 1.165) is 23.9 Å². The summed E-state index contributed by atoms with van der Waals surface area (Å²) in [4.78, 5) is 20.9. The minimum atomic E-state index is -0.207. The van der Waals surface area contributed by atoms with Crippen LogP contribution in [0.1, 0.15) is 53.6 Å². The zero-order valence-electron chi connectivity index (χ0n) is 14.6. The van der Waals surface area contributed by atoms with E-state index in [0.29, 0.717) is 12.3 Å². The van der Waals surface area contributed by atoms with E-state index in [2.05, 4.69) is 16.8 Å². The molecule has 25 heavy (non-hydrogen) atoms. The molecule has 136 valence electrons. The Hall–Kier alpha value is -1.70. The van der Waals surface area contributed by atoms with Crippen LogP contribution in [0.5, 0.6) is 0 Å². The maximum atomic E-state index is 12.8. The highest BCUT2D eigenvalue weighted by Crippen LogP contribution is 2.26. The van der Waals surface area contributed by atoms with Crippen molar-refractivity contribution in [1.29, 1.82) is 0 Å². The summed E-state index contributed by atoms with van der Waals surface area (Å²) < 4.78 is 5.88. The van der Waals surface area contributed by atoms with E-state index < -0.39 is 0 Å². The van der Waals surface area contributed by atoms with E-state index in [4.69, 9.17) is 4.42 Å². The van der Waals surface area contributed by atoms with E-state index in [1.807, 2.05) is 11.4 Å². The second-order valence-electron chi connectivity index (χ2n) is 6.35. The summed E-state index contributed by atoms with van der Waals surface area (Å²) in [6.07, 6.45) is 5.44. The van der Waals surface area contributed by atoms with Gasteiger partial charge in [0.2, 0.25) is 0 Å². The van der Waals surface area contributed by atoms with Crippen LogP contribution in [-0.4, -0.2) is 52.0 Å². The number of carbonyl (C=O) groups excluding carboxylic acids is 1. The highest BCUT2D eigenvalue weighted by molar-refractivity contribution is 7.09. The average Bonchev–Trinajstić information content (AvgIpc) is 3.33. The first kappa shape index (κ1) is 18.1. The molecule has 0 saturated carbocycles. The molecule has 1 fully saturated rings. The van der Waals surface area contributed by atoms with Crippen molar-refractivity contribution in [3.05, 3.63) is 40.2 Å². The van der Waals surface area contributed by atoms with Gasteiger partial charge in [-0.3, -0.25) is 9.69 Å². The van der Waals surface area contributed by atoms with Gasteiger partial charge in [0.1, 0.15) is 10.8 Å². The van der Waals surface area contributed by atoms with Crippen LogP contribution in [-0.2, 0) is 6.54 Å². The van der Waals surface area contributed by atoms with Crippen LogP contribution in [0.3, 0.4) is 0 Å². The van der Waals surface area contributed by atoms with E-state index in [-0.39, 0.29) is 25.1 Å². The van der Waals surface area contributed by atoms with E-state index >= 15 is 0 Å². The topological polar surface area (TPSA) is 69.8 Å². The second-order valence-corrected chi connectivity index (χ2v) is 7.33. The summed E-state index contributed by atoms with van der Waals surface area (Å²) in [5.41, 5.74) is 0. The molecule has 0 spiro atoms. The number of nitrogens with zero attached hydrogens (tertiary/aromatic N) is 3. The summed E-state index contributed by atoms with van der Waals surface area (Å²) in [5.74, 6) is 0.939. The number of aliphatic hydroxyl groups is 1. The van der Waals surface area contributed by atoms with Crippen LogP contribution in [0.2, 0.25) is 0 Å². The van der Waals surface area contributed by atoms with Crippen LogP contribution in [0.25, 0.3) is 0 Å². The van der Waals surface area contributed by atoms with Gasteiger partial charge in [-0.15, -0.1) is 11.3 Å². The van der Waals surface area contributed by atoms with Gasteiger partial charge >= 0.3 is 0 Å². The molecule has 1 saturated heterocycles. The van der Waals surface area contributed by atoms with Crippen LogP contribution in [0.4, 0.5) is 0 Å². The number of thiazole rings is 1. The Morgan fingerprint density at radius 1 is 1.40 bits per heavy atom. The highest BCUT2D eigenvalue weighted by atomic mass is 32.1. The molecule has 1 aliphatic rings. The van der Waals surface area contributed by atoms with Crippen LogP contribution >= 0.6 is 11.3 Å². The number of amides is 1. The third-order valence-corrected chi connectivity index (χ3v) is 5.42. The summed E-state index contributed by atoms with van der Waals surface area (Å²) in [6, 6.07) is 3.81. The van der Waals surface area contributed by atoms with Gasteiger partial charge in [0.25, 0.3) is 5.91 Å². The largest absolute Gasteiger partial charge is 0.454 e. The number of likely N-dealkylation sites (tertiary alicyclic amines) is 1. The van der Waals surface area contributed by atoms with Crippen molar-refractivity contribution in [2.45, 2.75) is 38.8 Å². The number of hydrogen-bond acceptors (Lipinski definition) is 6. The second kappa shape index (κ2) is 8.60. The molecule has 0 unspecified atom stereocenters. The molecule has 3 rings (SSSR count). The number of aromatic nitrogens is 1. The Labute approximate surface area is 152 Å². The lowest BCUT2D eigenvalue weighted by Crippen LogP contribution is -2.33. The van der Waals surface area contributed by atoms with Crippen molar-refractivity contribution < 1.29 is 14.3 Å². The monoisotopic (exact) mass is 363 g/mol. The fourth-order valence-electron chi connectivity index (χ4n) is 3.20. The van der Waals surface area contributed by atoms with Crippen molar-refractivity contribution >= 4 is 17.2 Å². The average molecular weight is 363 g/mol. The van der Waals surface area contributed by atoms with E-state index in [9.17, 15) is 9.90 Å². The fraction of sp³-hybridized carbons (Fsp3) is 0.556. The van der Waals surface area contributed by atoms with Gasteiger partial charge in [-0.2, -0.15) is 0 Å². The van der Waals surface area contributed by atoms with Gasteiger partial charge in [0.15, 0.2) is 5.76 Å². The van der Waals surface area contributed by atoms with Crippen molar-refractivity contribution in [3.8, 4) is 0 Å². The molecular weight excluding hydrogens is 338 g/mol. The molecule has 2 aromatic rings. The SMILES string of the molecule is C[C@H](c1ccc(C(=O)N(CCO)Cc2nccs2)o1)N1CCCCC1. The molecule has 1 N–H and O–H groups in total. The molecule has 2 aromatic heterocycles. The van der Waals surface area contributed by atoms with Gasteiger partial charge in [0, 0.05) is 18.1 Å². The molecule has 1 amide bonds. The first-order valence-electron chi connectivity index (χ1n) is 8.81. The number of rotatable bonds is 7. The Morgan fingerprint density at radius 3 is 2.88 bits per heavy atom. The minimum Gasteiger partial charge on any atom is -0.454 e. The molecule has 1 atom stereocenters. The third-order valence-electron chi connectivity index (χ3n) is 4.65. The normalized spacial score (nSPS) is 16.7. The molecule has 0 bridgehead atoms. The number of carbonyl (C=O) groups is 1. The quantitative estimate of drug-likeness (QED) is 0.819. The number of furan rings is 1. The maximum absolute atomic E-state index is 12.8. The lowest BCUT2D eigenvalue weighted by atomic mass is 10.1. The molecule has 0 aliphatic carbocycles. The molecule has 0 radical (unpaired) electrons. The summed E-state index contributed by atoms with van der Waals surface area (Å²) >= 11 is 1.49. The minimum absolute atomic E-state index is 0.0884. The maximum Gasteiger partial charge on any atom is 0.290 e. The van der Waals surface area contributed by atoms with Crippen molar-refractivity contribution in [2.75, 3.05) is 26.2 Å². The number of aliphatic hydroxyl groups excluding tert-OH is 1. The van der Waals surface area contributed by atoms with E-state index in [1.165, 1.54) is 30.6 Å². The van der Waals surface area contributed by atoms with E-state index in [1.54, 1.807) is 17.2 Å². The van der Waals surface area contributed by atoms with Crippen LogP contribution < -0.4 is 0 Å². The van der Waals surface area contributed by atoms with Gasteiger partial charge in [-0.1, -0.05) is 6.42 Å². The molecule has 3 heterocycles. The zero-order valence-corrected chi connectivity index (χ0v) is 15.4. The lowest BCUT2D eigenvalue weighted by molar-refractivity contribution is 0.0668. The Morgan fingerprint density at radius 2 is 2.20 bits per heavy atom. The highest BCUT2D eigenvalue weighted by Gasteiger charge is 2.24. The van der Waals surface area contributed by atoms with Crippen LogP contribution in [0.15, 0.2) is 28.1 Å². The zero-order chi connectivity index (χ0) is 17.6.